The summed E-state index contributed by atoms with van der Waals surface area (Å²) in [6, 6.07) is 11.2. The van der Waals surface area contributed by atoms with E-state index < -0.39 is 25.7 Å². The molecule has 7 nitrogen and oxygen atoms in total. The van der Waals surface area contributed by atoms with Gasteiger partial charge in [-0.05, 0) is 36.5 Å². The summed E-state index contributed by atoms with van der Waals surface area (Å²) in [6.07, 6.45) is -6.22. The summed E-state index contributed by atoms with van der Waals surface area (Å²) in [5, 5.41) is 14.3. The molecule has 33 heavy (non-hydrogen) atoms. The van der Waals surface area contributed by atoms with Crippen molar-refractivity contribution in [1.82, 2.24) is 9.78 Å². The molecule has 0 radical (unpaired) electrons. The first-order chi connectivity index (χ1) is 15.4. The highest BCUT2D eigenvalue weighted by Crippen LogP contribution is 2.30. The van der Waals surface area contributed by atoms with Crippen molar-refractivity contribution in [2.24, 2.45) is 0 Å². The summed E-state index contributed by atoms with van der Waals surface area (Å²) in [7, 11) is 0. The maximum Gasteiger partial charge on any atom is 0.511 e. The third-order valence-corrected chi connectivity index (χ3v) is 4.55. The molecule has 0 spiro atoms. The lowest BCUT2D eigenvalue weighted by Crippen LogP contribution is -2.21. The molecule has 2 aromatic rings. The smallest absolute Gasteiger partial charge is 0.454 e. The molecule has 0 atom stereocenters. The van der Waals surface area contributed by atoms with Gasteiger partial charge in [0.2, 0.25) is 6.79 Å². The number of hydrogen-bond donors (Lipinski definition) is 0. The number of ether oxygens (including phenoxy) is 3. The Morgan fingerprint density at radius 3 is 2.27 bits per heavy atom. The zero-order valence-electron chi connectivity index (χ0n) is 19.1. The van der Waals surface area contributed by atoms with Gasteiger partial charge in [0.15, 0.2) is 12.4 Å². The lowest BCUT2D eigenvalue weighted by molar-refractivity contribution is -0.167. The maximum absolute atomic E-state index is 12.2. The van der Waals surface area contributed by atoms with Crippen LogP contribution in [0, 0.1) is 18.3 Å². The largest absolute Gasteiger partial charge is 0.511 e. The Morgan fingerprint density at radius 1 is 1.12 bits per heavy atom. The van der Waals surface area contributed by atoms with Crippen LogP contribution in [0.25, 0.3) is 11.3 Å². The number of benzene rings is 1. The monoisotopic (exact) mass is 465 g/mol. The number of carbonyl (C=O) groups excluding carboxylic acids is 1. The minimum Gasteiger partial charge on any atom is -0.454 e. The van der Waals surface area contributed by atoms with E-state index in [2.05, 4.69) is 41.4 Å². The molecule has 0 saturated carbocycles. The van der Waals surface area contributed by atoms with Gasteiger partial charge in [-0.15, -0.1) is 0 Å². The van der Waals surface area contributed by atoms with Crippen molar-refractivity contribution in [3.05, 3.63) is 52.8 Å². The number of rotatable bonds is 7. The van der Waals surface area contributed by atoms with E-state index in [9.17, 15) is 23.2 Å². The van der Waals surface area contributed by atoms with Crippen LogP contribution in [-0.4, -0.2) is 35.5 Å². The van der Waals surface area contributed by atoms with Crippen LogP contribution in [0.5, 0.6) is 0 Å². The van der Waals surface area contributed by atoms with Gasteiger partial charge in [-0.3, -0.25) is 4.68 Å². The molecule has 0 aliphatic rings. The van der Waals surface area contributed by atoms with Crippen LogP contribution in [-0.2, 0) is 26.2 Å². The summed E-state index contributed by atoms with van der Waals surface area (Å²) in [5.41, 5.74) is 2.81. The lowest BCUT2D eigenvalue weighted by atomic mass is 9.86. The van der Waals surface area contributed by atoms with Crippen LogP contribution in [0.3, 0.4) is 0 Å². The number of nitriles is 1. The molecule has 0 saturated heterocycles. The number of aryl methyl sites for hydroxylation is 2. The molecule has 0 N–H and O–H groups in total. The van der Waals surface area contributed by atoms with Gasteiger partial charge in [-0.1, -0.05) is 45.0 Å². The van der Waals surface area contributed by atoms with Crippen molar-refractivity contribution in [2.45, 2.75) is 52.8 Å². The van der Waals surface area contributed by atoms with E-state index in [1.807, 2.05) is 19.1 Å². The summed E-state index contributed by atoms with van der Waals surface area (Å²) in [4.78, 5) is 11.5. The van der Waals surface area contributed by atoms with Gasteiger partial charge in [0, 0.05) is 6.54 Å². The van der Waals surface area contributed by atoms with Crippen molar-refractivity contribution in [3.63, 3.8) is 0 Å². The quantitative estimate of drug-likeness (QED) is 0.229. The molecule has 0 aliphatic heterocycles. The highest BCUT2D eigenvalue weighted by molar-refractivity contribution is 5.94. The number of nitrogens with zero attached hydrogens (tertiary/aromatic N) is 3. The van der Waals surface area contributed by atoms with Crippen LogP contribution in [0.15, 0.2) is 30.3 Å². The second-order valence-electron chi connectivity index (χ2n) is 8.19. The predicted molar refractivity (Wildman–Crippen MR) is 115 cm³/mol. The van der Waals surface area contributed by atoms with E-state index in [0.29, 0.717) is 23.5 Å². The molecule has 0 fully saturated rings. The SMILES string of the molecule is CCn1nc(C)cc1/C(OCOC(=O)OCC(F)(F)F)=C(\C#N)c1ccc(C(C)(C)C)cc1. The maximum atomic E-state index is 12.2. The standard InChI is InChI=1S/C23H26F3N3O4/c1-6-29-19(11-15(2)28-29)20(32-14-33-21(30)31-13-23(24,25)26)18(12-27)16-7-9-17(10-8-16)22(3,4)5/h7-11H,6,13-14H2,1-5H3/b20-18-. The topological polar surface area (TPSA) is 86.4 Å². The number of halogens is 3. The third-order valence-electron chi connectivity index (χ3n) is 4.55. The summed E-state index contributed by atoms with van der Waals surface area (Å²) < 4.78 is 52.4. The molecule has 2 rings (SSSR count). The molecule has 0 aliphatic carbocycles. The second-order valence-corrected chi connectivity index (χ2v) is 8.19. The Labute approximate surface area is 190 Å². The first-order valence-electron chi connectivity index (χ1n) is 10.1. The van der Waals surface area contributed by atoms with Crippen LogP contribution < -0.4 is 0 Å². The minimum absolute atomic E-state index is 0.0760. The minimum atomic E-state index is -4.68. The molecule has 178 valence electrons. The van der Waals surface area contributed by atoms with Crippen LogP contribution in [0.2, 0.25) is 0 Å². The van der Waals surface area contributed by atoms with E-state index in [4.69, 9.17) is 4.74 Å². The first kappa shape index (κ1) is 25.8. The summed E-state index contributed by atoms with van der Waals surface area (Å²) in [5.74, 6) is 0.0760. The molecule has 1 aromatic carbocycles. The lowest BCUT2D eigenvalue weighted by Gasteiger charge is -2.19. The fourth-order valence-electron chi connectivity index (χ4n) is 2.95. The highest BCUT2D eigenvalue weighted by Gasteiger charge is 2.30. The van der Waals surface area contributed by atoms with Crippen LogP contribution in [0.1, 0.15) is 50.2 Å². The van der Waals surface area contributed by atoms with Crippen molar-refractivity contribution >= 4 is 17.5 Å². The average molecular weight is 465 g/mol. The molecule has 0 amide bonds. The summed E-state index contributed by atoms with van der Waals surface area (Å²) >= 11 is 0. The number of alkyl halides is 3. The Balaban J connectivity index is 2.38. The van der Waals surface area contributed by atoms with Gasteiger partial charge in [-0.2, -0.15) is 23.5 Å². The van der Waals surface area contributed by atoms with Crippen molar-refractivity contribution < 1.29 is 32.2 Å². The van der Waals surface area contributed by atoms with Crippen molar-refractivity contribution in [1.29, 1.82) is 5.26 Å². The predicted octanol–water partition coefficient (Wildman–Crippen LogP) is 5.59. The van der Waals surface area contributed by atoms with Crippen molar-refractivity contribution in [3.8, 4) is 6.07 Å². The highest BCUT2D eigenvalue weighted by atomic mass is 19.4. The van der Waals surface area contributed by atoms with E-state index in [0.717, 1.165) is 5.56 Å². The number of aromatic nitrogens is 2. The van der Waals surface area contributed by atoms with Crippen LogP contribution in [0.4, 0.5) is 18.0 Å². The van der Waals surface area contributed by atoms with Gasteiger partial charge < -0.3 is 14.2 Å². The molecule has 1 heterocycles. The number of hydrogen-bond acceptors (Lipinski definition) is 6. The molecule has 0 bridgehead atoms. The molecular formula is C23H26F3N3O4. The fraction of sp³-hybridized carbons (Fsp3) is 0.435. The van der Waals surface area contributed by atoms with E-state index >= 15 is 0 Å². The van der Waals surface area contributed by atoms with Gasteiger partial charge >= 0.3 is 12.3 Å². The Kier molecular flexibility index (Phi) is 8.14. The average Bonchev–Trinajstić information content (AvgIpc) is 3.11. The third kappa shape index (κ3) is 7.27. The molecular weight excluding hydrogens is 439 g/mol. The van der Waals surface area contributed by atoms with E-state index in [1.165, 1.54) is 0 Å². The van der Waals surface area contributed by atoms with E-state index in [1.54, 1.807) is 29.8 Å². The van der Waals surface area contributed by atoms with Gasteiger partial charge in [0.25, 0.3) is 0 Å². The van der Waals surface area contributed by atoms with Crippen molar-refractivity contribution in [2.75, 3.05) is 13.4 Å². The van der Waals surface area contributed by atoms with Gasteiger partial charge in [-0.25, -0.2) is 4.79 Å². The van der Waals surface area contributed by atoms with Gasteiger partial charge in [0.1, 0.15) is 17.3 Å². The first-order valence-corrected chi connectivity index (χ1v) is 10.1. The summed E-state index contributed by atoms with van der Waals surface area (Å²) in [6.45, 7) is 7.74. The second kappa shape index (κ2) is 10.4. The Bertz CT molecular complexity index is 1040. The molecule has 1 aromatic heterocycles. The zero-order valence-corrected chi connectivity index (χ0v) is 19.1. The van der Waals surface area contributed by atoms with E-state index in [-0.39, 0.29) is 16.7 Å². The Hall–Kier alpha value is -3.48. The Morgan fingerprint density at radius 2 is 1.76 bits per heavy atom. The van der Waals surface area contributed by atoms with Gasteiger partial charge in [0.05, 0.1) is 5.69 Å². The zero-order chi connectivity index (χ0) is 24.8. The number of allylic oxidation sites excluding steroid dienone is 1. The molecule has 10 heteroatoms. The fourth-order valence-corrected chi connectivity index (χ4v) is 2.95. The number of carbonyl (C=O) groups is 1. The normalized spacial score (nSPS) is 12.6. The van der Waals surface area contributed by atoms with Crippen LogP contribution >= 0.6 is 0 Å². The molecule has 0 unspecified atom stereocenters.